The summed E-state index contributed by atoms with van der Waals surface area (Å²) in [7, 11) is -3.89. The van der Waals surface area contributed by atoms with Crippen molar-refractivity contribution < 1.29 is 17.9 Å². The first-order chi connectivity index (χ1) is 13.9. The van der Waals surface area contributed by atoms with Crippen molar-refractivity contribution in [2.24, 2.45) is 0 Å². The molecule has 1 atom stereocenters. The highest BCUT2D eigenvalue weighted by Crippen LogP contribution is 2.25. The predicted octanol–water partition coefficient (Wildman–Crippen LogP) is 3.48. The summed E-state index contributed by atoms with van der Waals surface area (Å²) in [6.45, 7) is 0.725. The Hall–Kier alpha value is -1.64. The molecule has 156 valence electrons. The van der Waals surface area contributed by atoms with E-state index in [4.69, 9.17) is 27.9 Å². The molecule has 1 amide bonds. The average molecular weight is 457 g/mol. The summed E-state index contributed by atoms with van der Waals surface area (Å²) >= 11 is 12.0. The lowest BCUT2D eigenvalue weighted by Gasteiger charge is -2.22. The van der Waals surface area contributed by atoms with Gasteiger partial charge in [0, 0.05) is 19.7 Å². The van der Waals surface area contributed by atoms with Gasteiger partial charge in [-0.3, -0.25) is 4.79 Å². The second-order valence-corrected chi connectivity index (χ2v) is 9.53. The van der Waals surface area contributed by atoms with E-state index < -0.39 is 10.0 Å². The van der Waals surface area contributed by atoms with E-state index in [0.29, 0.717) is 28.8 Å². The Morgan fingerprint density at radius 2 is 1.90 bits per heavy atom. The molecule has 0 aliphatic carbocycles. The maximum atomic E-state index is 13.1. The lowest BCUT2D eigenvalue weighted by atomic mass is 10.2. The van der Waals surface area contributed by atoms with Crippen molar-refractivity contribution in [1.82, 2.24) is 9.62 Å². The van der Waals surface area contributed by atoms with Crippen molar-refractivity contribution in [3.05, 3.63) is 64.1 Å². The number of hydrogen-bond donors (Lipinski definition) is 1. The number of carbonyl (C=O) groups is 1. The van der Waals surface area contributed by atoms with E-state index in [9.17, 15) is 13.2 Å². The van der Waals surface area contributed by atoms with Gasteiger partial charge < -0.3 is 10.1 Å². The lowest BCUT2D eigenvalue weighted by molar-refractivity contribution is -0.121. The van der Waals surface area contributed by atoms with Gasteiger partial charge in [-0.25, -0.2) is 8.42 Å². The summed E-state index contributed by atoms with van der Waals surface area (Å²) < 4.78 is 32.9. The van der Waals surface area contributed by atoms with Crippen LogP contribution in [0.2, 0.25) is 10.0 Å². The molecule has 0 saturated carbocycles. The van der Waals surface area contributed by atoms with Gasteiger partial charge in [0.25, 0.3) is 0 Å². The Morgan fingerprint density at radius 1 is 1.14 bits per heavy atom. The molecule has 1 heterocycles. The molecule has 1 aliphatic heterocycles. The number of rotatable bonds is 8. The zero-order valence-electron chi connectivity index (χ0n) is 15.7. The van der Waals surface area contributed by atoms with Gasteiger partial charge in [0.05, 0.1) is 27.6 Å². The molecule has 29 heavy (non-hydrogen) atoms. The van der Waals surface area contributed by atoms with Gasteiger partial charge in [0.1, 0.15) is 0 Å². The number of ether oxygens (including phenoxy) is 1. The Morgan fingerprint density at radius 3 is 2.55 bits per heavy atom. The van der Waals surface area contributed by atoms with Crippen LogP contribution in [0.1, 0.15) is 18.4 Å². The second-order valence-electron chi connectivity index (χ2n) is 6.77. The summed E-state index contributed by atoms with van der Waals surface area (Å²) in [5.41, 5.74) is 0.630. The summed E-state index contributed by atoms with van der Waals surface area (Å²) in [5.74, 6) is -0.389. The number of amides is 1. The van der Waals surface area contributed by atoms with Crippen LogP contribution in [0, 0.1) is 0 Å². The summed E-state index contributed by atoms with van der Waals surface area (Å²) in [4.78, 5) is 12.6. The Labute approximate surface area is 180 Å². The Kier molecular flexibility index (Phi) is 7.54. The first kappa shape index (κ1) is 22.1. The monoisotopic (exact) mass is 456 g/mol. The molecule has 1 aliphatic rings. The first-order valence-electron chi connectivity index (χ1n) is 9.23. The molecule has 2 aromatic rings. The first-order valence-corrected chi connectivity index (χ1v) is 11.4. The molecular formula is C20H22Cl2N2O4S. The van der Waals surface area contributed by atoms with Gasteiger partial charge in [-0.05, 0) is 42.7 Å². The molecule has 0 radical (unpaired) electrons. The largest absolute Gasteiger partial charge is 0.376 e. The third-order valence-electron chi connectivity index (χ3n) is 4.59. The third kappa shape index (κ3) is 5.93. The van der Waals surface area contributed by atoms with Crippen molar-refractivity contribution in [1.29, 1.82) is 0 Å². The summed E-state index contributed by atoms with van der Waals surface area (Å²) in [6, 6.07) is 12.9. The molecule has 1 N–H and O–H groups in total. The van der Waals surface area contributed by atoms with Crippen LogP contribution >= 0.6 is 23.2 Å². The quantitative estimate of drug-likeness (QED) is 0.659. The molecule has 0 bridgehead atoms. The normalized spacial score (nSPS) is 16.9. The standard InChI is InChI=1S/C20H22Cl2N2O4S/c21-18-9-8-15(11-19(18)22)13-24(29(26,27)17-6-2-1-3-7-17)14-20(25)23-12-16-5-4-10-28-16/h1-3,6-9,11,16H,4-5,10,12-14H2,(H,23,25)/t16-/m1/s1. The number of hydrogen-bond acceptors (Lipinski definition) is 4. The summed E-state index contributed by atoms with van der Waals surface area (Å²) in [5, 5.41) is 3.47. The van der Waals surface area contributed by atoms with Gasteiger partial charge in [0.15, 0.2) is 0 Å². The van der Waals surface area contributed by atoms with Gasteiger partial charge >= 0.3 is 0 Å². The van der Waals surface area contributed by atoms with Gasteiger partial charge in [-0.15, -0.1) is 0 Å². The van der Waals surface area contributed by atoms with E-state index in [1.807, 2.05) is 0 Å². The van der Waals surface area contributed by atoms with Crippen molar-refractivity contribution in [3.8, 4) is 0 Å². The van der Waals surface area contributed by atoms with Gasteiger partial charge in [-0.2, -0.15) is 4.31 Å². The maximum absolute atomic E-state index is 13.1. The van der Waals surface area contributed by atoms with Crippen LogP contribution in [0.15, 0.2) is 53.4 Å². The van der Waals surface area contributed by atoms with E-state index in [0.717, 1.165) is 17.1 Å². The van der Waals surface area contributed by atoms with Crippen molar-refractivity contribution in [2.75, 3.05) is 19.7 Å². The number of halogens is 2. The smallest absolute Gasteiger partial charge is 0.243 e. The number of benzene rings is 2. The van der Waals surface area contributed by atoms with Crippen LogP contribution in [-0.4, -0.2) is 44.4 Å². The van der Waals surface area contributed by atoms with E-state index in [-0.39, 0.29) is 30.0 Å². The molecular weight excluding hydrogens is 435 g/mol. The highest BCUT2D eigenvalue weighted by Gasteiger charge is 2.27. The number of nitrogens with zero attached hydrogens (tertiary/aromatic N) is 1. The van der Waals surface area contributed by atoms with Crippen LogP contribution in [0.25, 0.3) is 0 Å². The minimum absolute atomic E-state index is 0.0124. The Bertz CT molecular complexity index is 948. The second kappa shape index (κ2) is 9.91. The van der Waals surface area contributed by atoms with Crippen LogP contribution in [-0.2, 0) is 26.1 Å². The number of carbonyl (C=O) groups excluding carboxylic acids is 1. The van der Waals surface area contributed by atoms with E-state index >= 15 is 0 Å². The SMILES string of the molecule is O=C(CN(Cc1ccc(Cl)c(Cl)c1)S(=O)(=O)c1ccccc1)NC[C@H]1CCCO1. The van der Waals surface area contributed by atoms with Crippen molar-refractivity contribution in [2.45, 2.75) is 30.4 Å². The fourth-order valence-electron chi connectivity index (χ4n) is 3.06. The highest BCUT2D eigenvalue weighted by molar-refractivity contribution is 7.89. The number of sulfonamides is 1. The molecule has 9 heteroatoms. The Balaban J connectivity index is 1.78. The minimum atomic E-state index is -3.89. The van der Waals surface area contributed by atoms with Crippen LogP contribution < -0.4 is 5.32 Å². The van der Waals surface area contributed by atoms with Crippen LogP contribution in [0.4, 0.5) is 0 Å². The average Bonchev–Trinajstić information content (AvgIpc) is 3.23. The molecule has 1 fully saturated rings. The molecule has 0 aromatic heterocycles. The molecule has 0 unspecified atom stereocenters. The van der Waals surface area contributed by atoms with E-state index in [1.165, 1.54) is 12.1 Å². The summed E-state index contributed by atoms with van der Waals surface area (Å²) in [6.07, 6.45) is 1.83. The molecule has 0 spiro atoms. The lowest BCUT2D eigenvalue weighted by Crippen LogP contribution is -2.42. The fourth-order valence-corrected chi connectivity index (χ4v) is 4.78. The van der Waals surface area contributed by atoms with Gasteiger partial charge in [0.2, 0.25) is 15.9 Å². The predicted molar refractivity (Wildman–Crippen MR) is 112 cm³/mol. The molecule has 3 rings (SSSR count). The zero-order chi connectivity index (χ0) is 20.9. The molecule has 6 nitrogen and oxygen atoms in total. The topological polar surface area (TPSA) is 75.7 Å². The van der Waals surface area contributed by atoms with Crippen molar-refractivity contribution in [3.63, 3.8) is 0 Å². The number of nitrogens with one attached hydrogen (secondary N) is 1. The van der Waals surface area contributed by atoms with Crippen LogP contribution in [0.3, 0.4) is 0 Å². The minimum Gasteiger partial charge on any atom is -0.376 e. The zero-order valence-corrected chi connectivity index (χ0v) is 18.0. The molecule has 2 aromatic carbocycles. The fraction of sp³-hybridized carbons (Fsp3) is 0.350. The van der Waals surface area contributed by atoms with Crippen LogP contribution in [0.5, 0.6) is 0 Å². The highest BCUT2D eigenvalue weighted by atomic mass is 35.5. The van der Waals surface area contributed by atoms with Crippen molar-refractivity contribution >= 4 is 39.1 Å². The molecule has 1 saturated heterocycles. The van der Waals surface area contributed by atoms with E-state index in [2.05, 4.69) is 5.32 Å². The maximum Gasteiger partial charge on any atom is 0.243 e. The third-order valence-corrected chi connectivity index (χ3v) is 7.14. The van der Waals surface area contributed by atoms with Gasteiger partial charge in [-0.1, -0.05) is 47.5 Å². The van der Waals surface area contributed by atoms with E-state index in [1.54, 1.807) is 36.4 Å².